The van der Waals surface area contributed by atoms with Crippen molar-refractivity contribution in [2.45, 2.75) is 92.1 Å². The summed E-state index contributed by atoms with van der Waals surface area (Å²) < 4.78 is 26.5. The molecule has 15 atom stereocenters. The largest absolute Gasteiger partial charge is 0.394 e. The van der Waals surface area contributed by atoms with Gasteiger partial charge in [0.05, 0.1) is 19.8 Å². The molecule has 0 saturated carbocycles. The van der Waals surface area contributed by atoms with Crippen molar-refractivity contribution in [3.8, 4) is 0 Å². The van der Waals surface area contributed by atoms with Gasteiger partial charge in [0.25, 0.3) is 0 Å². The lowest BCUT2D eigenvalue weighted by Gasteiger charge is -2.47. The van der Waals surface area contributed by atoms with Crippen molar-refractivity contribution in [3.63, 3.8) is 0 Å². The van der Waals surface area contributed by atoms with Crippen LogP contribution in [0.2, 0.25) is 0 Å². The van der Waals surface area contributed by atoms with Gasteiger partial charge >= 0.3 is 0 Å². The van der Waals surface area contributed by atoms with Crippen LogP contribution in [0.5, 0.6) is 0 Å². The number of rotatable bonds is 8. The second-order valence-corrected chi connectivity index (χ2v) is 8.41. The van der Waals surface area contributed by atoms with E-state index >= 15 is 0 Å². The Morgan fingerprint density at radius 2 is 0.943 bits per heavy atom. The maximum absolute atomic E-state index is 10.6. The standard InChI is InChI=1S/C18H32O17/c19-1-4-7(22)8(23)10(25)17(31-4)33-13-6(3-21)32-18(11(26)9(13)24)34-14-5(2-20)30-16(28)15(35-29)12(14)27/h4-29H,1-3H2/t4-,5-,6-,7-,8+,9-,10-,11-,12+,13-,14-,15-,16+,17+,18+/m1/s1. The van der Waals surface area contributed by atoms with Crippen LogP contribution in [0.25, 0.3) is 0 Å². The quantitative estimate of drug-likeness (QED) is 0.105. The molecule has 3 rings (SSSR count). The minimum atomic E-state index is -1.93. The first kappa shape index (κ1) is 28.9. The molecule has 0 aliphatic carbocycles. The average molecular weight is 520 g/mol. The van der Waals surface area contributed by atoms with Gasteiger partial charge < -0.3 is 74.7 Å². The highest BCUT2D eigenvalue weighted by atomic mass is 17.1. The van der Waals surface area contributed by atoms with Gasteiger partial charge in [-0.3, -0.25) is 5.26 Å². The zero-order valence-electron chi connectivity index (χ0n) is 18.2. The zero-order chi connectivity index (χ0) is 26.0. The Bertz CT molecular complexity index is 653. The molecule has 0 spiro atoms. The fraction of sp³-hybridized carbons (Fsp3) is 1.00. The van der Waals surface area contributed by atoms with Gasteiger partial charge in [0, 0.05) is 0 Å². The van der Waals surface area contributed by atoms with Gasteiger partial charge in [-0.2, -0.15) is 0 Å². The number of aliphatic hydroxyl groups is 10. The van der Waals surface area contributed by atoms with E-state index in [0.29, 0.717) is 0 Å². The topological polar surface area (TPSA) is 278 Å². The lowest BCUT2D eigenvalue weighted by molar-refractivity contribution is -0.404. The second kappa shape index (κ2) is 12.2. The Labute approximate surface area is 197 Å². The molecule has 35 heavy (non-hydrogen) atoms. The monoisotopic (exact) mass is 520 g/mol. The fourth-order valence-corrected chi connectivity index (χ4v) is 4.16. The van der Waals surface area contributed by atoms with Crippen molar-refractivity contribution >= 4 is 0 Å². The molecule has 0 amide bonds. The van der Waals surface area contributed by atoms with Crippen LogP contribution in [0.15, 0.2) is 0 Å². The second-order valence-electron chi connectivity index (χ2n) is 8.41. The maximum atomic E-state index is 10.6. The first-order chi connectivity index (χ1) is 16.6. The Hall–Kier alpha value is -0.680. The minimum absolute atomic E-state index is 0.748. The lowest BCUT2D eigenvalue weighted by Crippen LogP contribution is -2.66. The van der Waals surface area contributed by atoms with Crippen molar-refractivity contribution in [2.75, 3.05) is 19.8 Å². The molecule has 0 bridgehead atoms. The molecule has 11 N–H and O–H groups in total. The fourth-order valence-electron chi connectivity index (χ4n) is 4.16. The van der Waals surface area contributed by atoms with Crippen LogP contribution in [0.3, 0.4) is 0 Å². The number of hydrogen-bond donors (Lipinski definition) is 11. The van der Waals surface area contributed by atoms with Gasteiger partial charge in [-0.25, -0.2) is 4.89 Å². The van der Waals surface area contributed by atoms with Crippen molar-refractivity contribution in [1.82, 2.24) is 0 Å². The predicted molar refractivity (Wildman–Crippen MR) is 103 cm³/mol. The van der Waals surface area contributed by atoms with Gasteiger partial charge in [0.1, 0.15) is 67.1 Å². The maximum Gasteiger partial charge on any atom is 0.187 e. The molecule has 0 unspecified atom stereocenters. The molecule has 206 valence electrons. The highest BCUT2D eigenvalue weighted by molar-refractivity contribution is 4.96. The summed E-state index contributed by atoms with van der Waals surface area (Å²) in [4.78, 5) is 3.97. The van der Waals surface area contributed by atoms with E-state index < -0.39 is 112 Å². The van der Waals surface area contributed by atoms with E-state index in [0.717, 1.165) is 0 Å². The van der Waals surface area contributed by atoms with Crippen molar-refractivity contribution in [2.24, 2.45) is 0 Å². The Kier molecular flexibility index (Phi) is 10.1. The molecular formula is C18H32O17. The Morgan fingerprint density at radius 1 is 0.486 bits per heavy atom. The van der Waals surface area contributed by atoms with E-state index in [9.17, 15) is 51.1 Å². The molecule has 3 fully saturated rings. The number of ether oxygens (including phenoxy) is 5. The Morgan fingerprint density at radius 3 is 1.46 bits per heavy atom. The van der Waals surface area contributed by atoms with Crippen molar-refractivity contribution in [1.29, 1.82) is 0 Å². The summed E-state index contributed by atoms with van der Waals surface area (Å²) in [6.45, 7) is -2.36. The molecule has 3 aliphatic heterocycles. The third kappa shape index (κ3) is 5.76. The summed E-state index contributed by atoms with van der Waals surface area (Å²) in [5.74, 6) is 0. The summed E-state index contributed by atoms with van der Waals surface area (Å²) in [5.41, 5.74) is 0. The number of aliphatic hydroxyl groups excluding tert-OH is 10. The summed E-state index contributed by atoms with van der Waals surface area (Å²) in [5, 5.41) is 109. The minimum Gasteiger partial charge on any atom is -0.394 e. The van der Waals surface area contributed by atoms with Crippen molar-refractivity contribution < 1.29 is 84.9 Å². The molecule has 3 heterocycles. The van der Waals surface area contributed by atoms with Gasteiger partial charge in [0.2, 0.25) is 0 Å². The SMILES string of the molecule is OC[C@H]1O[C@@H](O[C@H]2[C@H](O)[C@@H](O)[C@H](O[C@H]3[C@H](O)[C@@H](OO)[C@@H](O)O[C@@H]3CO)O[C@@H]2CO)[C@H](O)[C@@H](O)[C@@H]1O. The van der Waals surface area contributed by atoms with E-state index in [-0.39, 0.29) is 0 Å². The molecule has 0 radical (unpaired) electrons. The van der Waals surface area contributed by atoms with Crippen LogP contribution >= 0.6 is 0 Å². The van der Waals surface area contributed by atoms with Crippen LogP contribution in [-0.2, 0) is 28.6 Å². The zero-order valence-corrected chi connectivity index (χ0v) is 18.2. The third-order valence-electron chi connectivity index (χ3n) is 6.19. The van der Waals surface area contributed by atoms with Crippen LogP contribution in [0.1, 0.15) is 0 Å². The predicted octanol–water partition coefficient (Wildman–Crippen LogP) is -7.08. The van der Waals surface area contributed by atoms with E-state index in [1.165, 1.54) is 0 Å². The van der Waals surface area contributed by atoms with Crippen molar-refractivity contribution in [3.05, 3.63) is 0 Å². The molecule has 3 saturated heterocycles. The summed E-state index contributed by atoms with van der Waals surface area (Å²) in [7, 11) is 0. The van der Waals surface area contributed by atoms with E-state index in [4.69, 9.17) is 28.9 Å². The number of hydrogen-bond acceptors (Lipinski definition) is 17. The van der Waals surface area contributed by atoms with E-state index in [2.05, 4.69) is 4.89 Å². The van der Waals surface area contributed by atoms with Gasteiger partial charge in [0.15, 0.2) is 25.0 Å². The third-order valence-corrected chi connectivity index (χ3v) is 6.19. The van der Waals surface area contributed by atoms with Gasteiger partial charge in [-0.15, -0.1) is 0 Å². The van der Waals surface area contributed by atoms with Crippen LogP contribution in [0, 0.1) is 0 Å². The molecule has 0 aromatic carbocycles. The highest BCUT2D eigenvalue weighted by Gasteiger charge is 2.53. The smallest absolute Gasteiger partial charge is 0.187 e. The summed E-state index contributed by atoms with van der Waals surface area (Å²) in [6.07, 6.45) is -25.3. The molecule has 0 aromatic rings. The summed E-state index contributed by atoms with van der Waals surface area (Å²) in [6, 6.07) is 0. The Balaban J connectivity index is 1.73. The van der Waals surface area contributed by atoms with Gasteiger partial charge in [-0.1, -0.05) is 0 Å². The molecule has 17 nitrogen and oxygen atoms in total. The lowest BCUT2D eigenvalue weighted by atomic mass is 9.96. The van der Waals surface area contributed by atoms with E-state index in [1.54, 1.807) is 0 Å². The van der Waals surface area contributed by atoms with Crippen LogP contribution in [-0.4, -0.2) is 168 Å². The highest BCUT2D eigenvalue weighted by Crippen LogP contribution is 2.32. The molecule has 17 heteroatoms. The van der Waals surface area contributed by atoms with Gasteiger partial charge in [-0.05, 0) is 0 Å². The van der Waals surface area contributed by atoms with Crippen LogP contribution in [0.4, 0.5) is 0 Å². The molecule has 0 aromatic heterocycles. The first-order valence-corrected chi connectivity index (χ1v) is 10.8. The normalized spacial score (nSPS) is 51.3. The first-order valence-electron chi connectivity index (χ1n) is 10.8. The van der Waals surface area contributed by atoms with Crippen LogP contribution < -0.4 is 0 Å². The molecule has 3 aliphatic rings. The molecular weight excluding hydrogens is 488 g/mol. The average Bonchev–Trinajstić information content (AvgIpc) is 2.85. The summed E-state index contributed by atoms with van der Waals surface area (Å²) >= 11 is 0. The van der Waals surface area contributed by atoms with E-state index in [1.807, 2.05) is 0 Å².